The van der Waals surface area contributed by atoms with Crippen LogP contribution >= 0.6 is 0 Å². The number of benzene rings is 5. The number of aldehydes is 1. The summed E-state index contributed by atoms with van der Waals surface area (Å²) in [6, 6.07) is 38.1. The summed E-state index contributed by atoms with van der Waals surface area (Å²) >= 11 is 0. The Kier molecular flexibility index (Phi) is 13.2. The standard InChI is InChI=1S/C48H56N4O6/c1-48(55,31-39(34-53)40-27-46(56-2)42(29-44(40)54)51-23-19-49(20-24-51)32-36-13-7-4-8-14-36)41-28-47(57-3)43(30-45(41)58-35-38-17-11-6-12-18-38)52-25-21-50(22-26-52)33-37-15-9-5-10-16-37/h4-18,27-30,34,39,54-55H,19-26,31-33,35H2,1-3H3. The van der Waals surface area contributed by atoms with E-state index in [-0.39, 0.29) is 18.8 Å². The first-order chi connectivity index (χ1) is 28.2. The van der Waals surface area contributed by atoms with Crippen molar-refractivity contribution >= 4 is 17.7 Å². The topological polar surface area (TPSA) is 98.2 Å². The van der Waals surface area contributed by atoms with Crippen molar-refractivity contribution in [1.82, 2.24) is 9.80 Å². The van der Waals surface area contributed by atoms with Gasteiger partial charge >= 0.3 is 0 Å². The quantitative estimate of drug-likeness (QED) is 0.100. The highest BCUT2D eigenvalue weighted by Gasteiger charge is 2.35. The van der Waals surface area contributed by atoms with E-state index in [9.17, 15) is 15.0 Å². The van der Waals surface area contributed by atoms with Crippen LogP contribution in [-0.4, -0.2) is 92.9 Å². The average molecular weight is 785 g/mol. The molecule has 5 aromatic carbocycles. The minimum absolute atomic E-state index is 0.0182. The second-order valence-corrected chi connectivity index (χ2v) is 15.6. The predicted octanol–water partition coefficient (Wildman–Crippen LogP) is 7.21. The lowest BCUT2D eigenvalue weighted by Gasteiger charge is -2.37. The van der Waals surface area contributed by atoms with Gasteiger partial charge in [0.2, 0.25) is 0 Å². The minimum Gasteiger partial charge on any atom is -0.508 e. The Bertz CT molecular complexity index is 2080. The third-order valence-corrected chi connectivity index (χ3v) is 11.5. The molecule has 58 heavy (non-hydrogen) atoms. The van der Waals surface area contributed by atoms with E-state index in [4.69, 9.17) is 14.2 Å². The Hall–Kier alpha value is -5.55. The predicted molar refractivity (Wildman–Crippen MR) is 229 cm³/mol. The number of rotatable bonds is 16. The van der Waals surface area contributed by atoms with Gasteiger partial charge in [0, 0.05) is 94.6 Å². The lowest BCUT2D eigenvalue weighted by Crippen LogP contribution is -2.46. The highest BCUT2D eigenvalue weighted by molar-refractivity contribution is 5.71. The summed E-state index contributed by atoms with van der Waals surface area (Å²) in [5.74, 6) is 0.808. The molecular weight excluding hydrogens is 729 g/mol. The zero-order valence-corrected chi connectivity index (χ0v) is 33.9. The Labute approximate surface area is 342 Å². The molecule has 0 spiro atoms. The van der Waals surface area contributed by atoms with Gasteiger partial charge in [-0.1, -0.05) is 91.0 Å². The molecule has 304 valence electrons. The fraction of sp³-hybridized carbons (Fsp3) is 0.354. The van der Waals surface area contributed by atoms with E-state index in [2.05, 4.69) is 68.1 Å². The van der Waals surface area contributed by atoms with Crippen LogP contribution in [0.15, 0.2) is 115 Å². The molecule has 2 saturated heterocycles. The number of hydrogen-bond acceptors (Lipinski definition) is 10. The number of piperazine rings is 2. The Morgan fingerprint density at radius 1 is 0.638 bits per heavy atom. The number of hydrogen-bond donors (Lipinski definition) is 2. The SMILES string of the molecule is COc1cc(C(C=O)CC(C)(O)c2cc(OC)c(N3CCN(Cc4ccccc4)CC3)cc2OCc2ccccc2)c(O)cc1N1CCN(Cc2ccccc2)CC1. The summed E-state index contributed by atoms with van der Waals surface area (Å²) < 4.78 is 18.4. The fourth-order valence-corrected chi connectivity index (χ4v) is 8.26. The Morgan fingerprint density at radius 2 is 1.10 bits per heavy atom. The second-order valence-electron chi connectivity index (χ2n) is 15.6. The van der Waals surface area contributed by atoms with Crippen molar-refractivity contribution in [1.29, 1.82) is 0 Å². The van der Waals surface area contributed by atoms with Gasteiger partial charge in [0.15, 0.2) is 0 Å². The van der Waals surface area contributed by atoms with Crippen LogP contribution in [0.1, 0.15) is 47.1 Å². The van der Waals surface area contributed by atoms with Crippen molar-refractivity contribution in [2.45, 2.75) is 44.6 Å². The number of nitrogens with zero attached hydrogens (tertiary/aromatic N) is 4. The van der Waals surface area contributed by atoms with Crippen LogP contribution in [-0.2, 0) is 30.1 Å². The van der Waals surface area contributed by atoms with Crippen molar-refractivity contribution in [3.05, 3.63) is 143 Å². The molecule has 0 bridgehead atoms. The van der Waals surface area contributed by atoms with Crippen LogP contribution in [0.3, 0.4) is 0 Å². The second kappa shape index (κ2) is 18.8. The van der Waals surface area contributed by atoms with E-state index in [1.807, 2.05) is 54.6 Å². The van der Waals surface area contributed by atoms with Crippen molar-refractivity contribution in [3.8, 4) is 23.0 Å². The summed E-state index contributed by atoms with van der Waals surface area (Å²) in [6.45, 7) is 10.4. The van der Waals surface area contributed by atoms with Gasteiger partial charge in [0.1, 0.15) is 35.9 Å². The van der Waals surface area contributed by atoms with E-state index < -0.39 is 11.5 Å². The molecule has 2 N–H and O–H groups in total. The van der Waals surface area contributed by atoms with E-state index in [1.165, 1.54) is 11.1 Å². The van der Waals surface area contributed by atoms with Gasteiger partial charge in [0.05, 0.1) is 31.2 Å². The van der Waals surface area contributed by atoms with E-state index in [0.29, 0.717) is 28.4 Å². The highest BCUT2D eigenvalue weighted by Crippen LogP contribution is 2.46. The molecule has 2 heterocycles. The summed E-state index contributed by atoms with van der Waals surface area (Å²) in [5.41, 5.74) is 4.54. The maximum absolute atomic E-state index is 12.9. The fourth-order valence-electron chi connectivity index (χ4n) is 8.26. The van der Waals surface area contributed by atoms with E-state index in [0.717, 1.165) is 88.7 Å². The molecule has 0 amide bonds. The van der Waals surface area contributed by atoms with Crippen LogP contribution in [0, 0.1) is 0 Å². The molecule has 0 radical (unpaired) electrons. The molecule has 2 unspecified atom stereocenters. The molecule has 0 saturated carbocycles. The summed E-state index contributed by atoms with van der Waals surface area (Å²) in [4.78, 5) is 22.3. The normalized spacial score (nSPS) is 16.7. The van der Waals surface area contributed by atoms with Crippen LogP contribution < -0.4 is 24.0 Å². The molecule has 2 aliphatic rings. The maximum atomic E-state index is 12.9. The molecule has 0 aromatic heterocycles. The van der Waals surface area contributed by atoms with Crippen LogP contribution in [0.4, 0.5) is 11.4 Å². The third kappa shape index (κ3) is 9.76. The van der Waals surface area contributed by atoms with Crippen LogP contribution in [0.5, 0.6) is 23.0 Å². The average Bonchev–Trinajstić information content (AvgIpc) is 3.26. The smallest absolute Gasteiger partial charge is 0.142 e. The van der Waals surface area contributed by atoms with Gasteiger partial charge in [-0.2, -0.15) is 0 Å². The number of anilines is 2. The molecule has 2 aliphatic heterocycles. The van der Waals surface area contributed by atoms with Gasteiger partial charge in [0.25, 0.3) is 0 Å². The zero-order chi connectivity index (χ0) is 40.5. The monoisotopic (exact) mass is 784 g/mol. The van der Waals surface area contributed by atoms with E-state index in [1.54, 1.807) is 33.3 Å². The molecule has 2 atom stereocenters. The Morgan fingerprint density at radius 3 is 1.59 bits per heavy atom. The van der Waals surface area contributed by atoms with E-state index >= 15 is 0 Å². The zero-order valence-electron chi connectivity index (χ0n) is 33.9. The molecular formula is C48H56N4O6. The lowest BCUT2D eigenvalue weighted by molar-refractivity contribution is -0.110. The first kappa shape index (κ1) is 40.6. The van der Waals surface area contributed by atoms with Crippen LogP contribution in [0.25, 0.3) is 0 Å². The first-order valence-corrected chi connectivity index (χ1v) is 20.2. The van der Waals surface area contributed by atoms with Gasteiger partial charge in [-0.3, -0.25) is 9.80 Å². The number of ether oxygens (including phenoxy) is 3. The first-order valence-electron chi connectivity index (χ1n) is 20.2. The summed E-state index contributed by atoms with van der Waals surface area (Å²) in [7, 11) is 3.24. The number of aromatic hydroxyl groups is 1. The highest BCUT2D eigenvalue weighted by atomic mass is 16.5. The largest absolute Gasteiger partial charge is 0.508 e. The van der Waals surface area contributed by atoms with Crippen molar-refractivity contribution in [2.75, 3.05) is 76.4 Å². The van der Waals surface area contributed by atoms with Gasteiger partial charge < -0.3 is 39.0 Å². The number of carbonyl (C=O) groups excluding carboxylic acids is 1. The molecule has 7 rings (SSSR count). The number of carbonyl (C=O) groups is 1. The lowest BCUT2D eigenvalue weighted by atomic mass is 9.82. The van der Waals surface area contributed by atoms with Crippen molar-refractivity contribution in [2.24, 2.45) is 0 Å². The Balaban J connectivity index is 1.11. The van der Waals surface area contributed by atoms with Gasteiger partial charge in [-0.05, 0) is 42.2 Å². The number of aliphatic hydroxyl groups is 1. The minimum atomic E-state index is -1.56. The van der Waals surface area contributed by atoms with Crippen molar-refractivity contribution < 1.29 is 29.2 Å². The van der Waals surface area contributed by atoms with Gasteiger partial charge in [-0.25, -0.2) is 0 Å². The maximum Gasteiger partial charge on any atom is 0.142 e. The molecule has 10 heteroatoms. The molecule has 2 fully saturated rings. The molecule has 5 aromatic rings. The molecule has 10 nitrogen and oxygen atoms in total. The third-order valence-electron chi connectivity index (χ3n) is 11.5. The number of methoxy groups -OCH3 is 2. The number of phenols is 1. The number of phenolic OH excluding ortho intramolecular Hbond substituents is 1. The van der Waals surface area contributed by atoms with Crippen LogP contribution in [0.2, 0.25) is 0 Å². The summed E-state index contributed by atoms with van der Waals surface area (Å²) in [6.07, 6.45) is 0.767. The van der Waals surface area contributed by atoms with Crippen molar-refractivity contribution in [3.63, 3.8) is 0 Å². The molecule has 0 aliphatic carbocycles. The summed E-state index contributed by atoms with van der Waals surface area (Å²) in [5, 5.41) is 23.9. The van der Waals surface area contributed by atoms with Gasteiger partial charge in [-0.15, -0.1) is 0 Å².